The van der Waals surface area contributed by atoms with Crippen molar-refractivity contribution in [3.63, 3.8) is 0 Å². The average Bonchev–Trinajstić information content (AvgIpc) is 3.17. The average molecular weight is 321 g/mol. The van der Waals surface area contributed by atoms with Crippen LogP contribution in [0, 0.1) is 5.92 Å². The van der Waals surface area contributed by atoms with Crippen LogP contribution in [-0.2, 0) is 10.3 Å². The molecule has 1 aromatic rings. The van der Waals surface area contributed by atoms with Crippen molar-refractivity contribution in [1.82, 2.24) is 14.5 Å². The number of amides is 1. The van der Waals surface area contributed by atoms with Gasteiger partial charge in [-0.2, -0.15) is 0 Å². The highest BCUT2D eigenvalue weighted by Crippen LogP contribution is 2.21. The Labute approximate surface area is 139 Å². The summed E-state index contributed by atoms with van der Waals surface area (Å²) in [6.45, 7) is 11.8. The summed E-state index contributed by atoms with van der Waals surface area (Å²) in [5.41, 5.74) is 5.91. The number of hydrogen-bond donors (Lipinski definition) is 2. The van der Waals surface area contributed by atoms with Crippen molar-refractivity contribution in [2.75, 3.05) is 25.0 Å². The first kappa shape index (κ1) is 17.9. The zero-order valence-corrected chi connectivity index (χ0v) is 14.9. The van der Waals surface area contributed by atoms with Crippen LogP contribution in [0.5, 0.6) is 0 Å². The Kier molecular flexibility index (Phi) is 5.81. The molecule has 1 fully saturated rings. The van der Waals surface area contributed by atoms with Gasteiger partial charge < -0.3 is 20.5 Å². The van der Waals surface area contributed by atoms with Crippen molar-refractivity contribution >= 4 is 11.7 Å². The number of nitrogens with two attached hydrogens (primary N) is 1. The van der Waals surface area contributed by atoms with Crippen molar-refractivity contribution in [3.05, 3.63) is 12.5 Å². The Bertz CT molecular complexity index is 519. The molecule has 2 heterocycles. The molecule has 1 aromatic heterocycles. The molecular weight excluding hydrogens is 290 g/mol. The van der Waals surface area contributed by atoms with Crippen LogP contribution in [0.3, 0.4) is 0 Å². The standard InChI is InChI=1S/C17H31N5O/c1-5-13(2)15(18)16(23)20-14-10-22(12-19-14)17(3,4)11-21-8-6-7-9-21/h10,12-13,15H,5-9,11,18H2,1-4H3,(H,20,23)/t13-,15+/m1/s1. The molecular formula is C17H31N5O. The van der Waals surface area contributed by atoms with Gasteiger partial charge in [0.1, 0.15) is 0 Å². The first-order valence-corrected chi connectivity index (χ1v) is 8.66. The molecule has 1 aliphatic heterocycles. The lowest BCUT2D eigenvalue weighted by molar-refractivity contribution is -0.118. The van der Waals surface area contributed by atoms with Gasteiger partial charge in [0.25, 0.3) is 0 Å². The number of carbonyl (C=O) groups excluding carboxylic acids is 1. The number of aromatic nitrogens is 2. The third-order valence-corrected chi connectivity index (χ3v) is 4.90. The van der Waals surface area contributed by atoms with Gasteiger partial charge in [-0.05, 0) is 45.7 Å². The summed E-state index contributed by atoms with van der Waals surface area (Å²) in [7, 11) is 0. The predicted octanol–water partition coefficient (Wildman–Crippen LogP) is 2.03. The van der Waals surface area contributed by atoms with Crippen LogP contribution in [0.1, 0.15) is 47.0 Å². The van der Waals surface area contributed by atoms with Gasteiger partial charge in [-0.15, -0.1) is 0 Å². The number of imidazole rings is 1. The van der Waals surface area contributed by atoms with E-state index in [0.717, 1.165) is 13.0 Å². The molecule has 1 amide bonds. The Morgan fingerprint density at radius 3 is 2.70 bits per heavy atom. The van der Waals surface area contributed by atoms with Crippen molar-refractivity contribution in [3.8, 4) is 0 Å². The second kappa shape index (κ2) is 7.45. The SMILES string of the molecule is CC[C@@H](C)[C@H](N)C(=O)Nc1cn(C(C)(C)CN2CCCC2)cn1. The molecule has 0 aliphatic carbocycles. The highest BCUT2D eigenvalue weighted by Gasteiger charge is 2.26. The molecule has 6 nitrogen and oxygen atoms in total. The summed E-state index contributed by atoms with van der Waals surface area (Å²) in [4.78, 5) is 19.0. The largest absolute Gasteiger partial charge is 0.328 e. The van der Waals surface area contributed by atoms with E-state index in [4.69, 9.17) is 5.73 Å². The molecule has 130 valence electrons. The quantitative estimate of drug-likeness (QED) is 0.805. The van der Waals surface area contributed by atoms with E-state index in [1.54, 1.807) is 6.33 Å². The zero-order chi connectivity index (χ0) is 17.0. The van der Waals surface area contributed by atoms with E-state index >= 15 is 0 Å². The Balaban J connectivity index is 1.97. The molecule has 0 unspecified atom stereocenters. The van der Waals surface area contributed by atoms with Gasteiger partial charge in [0.05, 0.1) is 17.9 Å². The van der Waals surface area contributed by atoms with Crippen molar-refractivity contribution in [1.29, 1.82) is 0 Å². The lowest BCUT2D eigenvalue weighted by Gasteiger charge is -2.31. The van der Waals surface area contributed by atoms with Crippen LogP contribution in [-0.4, -0.2) is 46.0 Å². The molecule has 1 saturated heterocycles. The van der Waals surface area contributed by atoms with E-state index in [2.05, 4.69) is 33.6 Å². The number of hydrogen-bond acceptors (Lipinski definition) is 4. The summed E-state index contributed by atoms with van der Waals surface area (Å²) in [6.07, 6.45) is 7.15. The second-order valence-electron chi connectivity index (χ2n) is 7.36. The van der Waals surface area contributed by atoms with Crippen LogP contribution in [0.25, 0.3) is 0 Å². The van der Waals surface area contributed by atoms with Gasteiger partial charge in [-0.3, -0.25) is 4.79 Å². The summed E-state index contributed by atoms with van der Waals surface area (Å²) < 4.78 is 2.08. The minimum absolute atomic E-state index is 0.0564. The molecule has 0 aromatic carbocycles. The lowest BCUT2D eigenvalue weighted by Crippen LogP contribution is -2.40. The first-order chi connectivity index (χ1) is 10.8. The normalized spacial score (nSPS) is 18.8. The molecule has 0 spiro atoms. The molecule has 0 radical (unpaired) electrons. The summed E-state index contributed by atoms with van der Waals surface area (Å²) in [5, 5.41) is 2.83. The van der Waals surface area contributed by atoms with E-state index in [1.807, 2.05) is 20.0 Å². The fourth-order valence-electron chi connectivity index (χ4n) is 3.01. The lowest BCUT2D eigenvalue weighted by atomic mass is 9.99. The minimum atomic E-state index is -0.497. The number of likely N-dealkylation sites (tertiary alicyclic amines) is 1. The number of rotatable bonds is 7. The zero-order valence-electron chi connectivity index (χ0n) is 14.9. The third-order valence-electron chi connectivity index (χ3n) is 4.90. The fraction of sp³-hybridized carbons (Fsp3) is 0.765. The minimum Gasteiger partial charge on any atom is -0.328 e. The second-order valence-corrected chi connectivity index (χ2v) is 7.36. The number of anilines is 1. The topological polar surface area (TPSA) is 76.2 Å². The number of nitrogens with one attached hydrogen (secondary N) is 1. The van der Waals surface area contributed by atoms with Gasteiger partial charge in [0.2, 0.25) is 5.91 Å². The summed E-state index contributed by atoms with van der Waals surface area (Å²) in [5.74, 6) is 0.564. The van der Waals surface area contributed by atoms with E-state index in [1.165, 1.54) is 25.9 Å². The molecule has 3 N–H and O–H groups in total. The maximum absolute atomic E-state index is 12.2. The molecule has 6 heteroatoms. The maximum atomic E-state index is 12.2. The van der Waals surface area contributed by atoms with Crippen LogP contribution >= 0.6 is 0 Å². The number of carbonyl (C=O) groups is 1. The highest BCUT2D eigenvalue weighted by molar-refractivity contribution is 5.93. The third kappa shape index (κ3) is 4.54. The monoisotopic (exact) mass is 321 g/mol. The highest BCUT2D eigenvalue weighted by atomic mass is 16.2. The van der Waals surface area contributed by atoms with Gasteiger partial charge in [-0.1, -0.05) is 20.3 Å². The molecule has 23 heavy (non-hydrogen) atoms. The van der Waals surface area contributed by atoms with E-state index in [-0.39, 0.29) is 17.4 Å². The molecule has 1 aliphatic rings. The maximum Gasteiger partial charge on any atom is 0.242 e. The molecule has 2 atom stereocenters. The van der Waals surface area contributed by atoms with Gasteiger partial charge in [0, 0.05) is 12.7 Å². The van der Waals surface area contributed by atoms with Crippen LogP contribution in [0.15, 0.2) is 12.5 Å². The first-order valence-electron chi connectivity index (χ1n) is 8.66. The molecule has 0 bridgehead atoms. The summed E-state index contributed by atoms with van der Waals surface area (Å²) >= 11 is 0. The van der Waals surface area contributed by atoms with E-state index in [0.29, 0.717) is 5.82 Å². The Morgan fingerprint density at radius 1 is 1.43 bits per heavy atom. The van der Waals surface area contributed by atoms with E-state index < -0.39 is 6.04 Å². The van der Waals surface area contributed by atoms with E-state index in [9.17, 15) is 4.79 Å². The van der Waals surface area contributed by atoms with Gasteiger partial charge >= 0.3 is 0 Å². The Morgan fingerprint density at radius 2 is 2.09 bits per heavy atom. The fourth-order valence-corrected chi connectivity index (χ4v) is 3.01. The smallest absolute Gasteiger partial charge is 0.242 e. The van der Waals surface area contributed by atoms with Gasteiger partial charge in [0.15, 0.2) is 5.82 Å². The van der Waals surface area contributed by atoms with Crippen LogP contribution in [0.4, 0.5) is 5.82 Å². The van der Waals surface area contributed by atoms with Crippen LogP contribution < -0.4 is 11.1 Å². The molecule has 0 saturated carbocycles. The van der Waals surface area contributed by atoms with Crippen LogP contribution in [0.2, 0.25) is 0 Å². The summed E-state index contributed by atoms with van der Waals surface area (Å²) in [6, 6.07) is -0.497. The number of nitrogens with zero attached hydrogens (tertiary/aromatic N) is 3. The molecule has 2 rings (SSSR count). The van der Waals surface area contributed by atoms with Gasteiger partial charge in [-0.25, -0.2) is 4.98 Å². The predicted molar refractivity (Wildman–Crippen MR) is 93.3 cm³/mol. The van der Waals surface area contributed by atoms with Crippen molar-refractivity contribution in [2.45, 2.75) is 58.5 Å². The van der Waals surface area contributed by atoms with Crippen molar-refractivity contribution in [2.24, 2.45) is 11.7 Å². The Hall–Kier alpha value is -1.40. The van der Waals surface area contributed by atoms with Crippen molar-refractivity contribution < 1.29 is 4.79 Å².